The van der Waals surface area contributed by atoms with E-state index >= 15 is 0 Å². The van der Waals surface area contributed by atoms with Crippen LogP contribution < -0.4 is 0 Å². The molecule has 0 unspecified atom stereocenters. The molecule has 0 saturated carbocycles. The number of aromatic carboxylic acids is 1. The monoisotopic (exact) mass is 380 g/mol. The number of carboxylic acids is 1. The molecule has 26 heavy (non-hydrogen) atoms. The maximum absolute atomic E-state index is 13.1. The van der Waals surface area contributed by atoms with Gasteiger partial charge in [-0.1, -0.05) is 26.0 Å². The molecule has 6 nitrogen and oxygen atoms in total. The first kappa shape index (κ1) is 19.3. The maximum Gasteiger partial charge on any atom is 0.335 e. The molecule has 7 heteroatoms. The Kier molecular flexibility index (Phi) is 5.42. The van der Waals surface area contributed by atoms with Crippen LogP contribution in [0.2, 0.25) is 0 Å². The van der Waals surface area contributed by atoms with Crippen LogP contribution in [0.15, 0.2) is 24.3 Å². The van der Waals surface area contributed by atoms with Crippen LogP contribution in [0.5, 0.6) is 0 Å². The van der Waals surface area contributed by atoms with Gasteiger partial charge in [0, 0.05) is 26.2 Å². The van der Waals surface area contributed by atoms with Crippen LogP contribution in [0.3, 0.4) is 0 Å². The Bertz CT molecular complexity index is 765. The van der Waals surface area contributed by atoms with Crippen molar-refractivity contribution in [2.75, 3.05) is 26.2 Å². The molecule has 0 bridgehead atoms. The fourth-order valence-corrected chi connectivity index (χ4v) is 5.53. The minimum Gasteiger partial charge on any atom is -0.478 e. The van der Waals surface area contributed by atoms with Crippen LogP contribution in [0.4, 0.5) is 0 Å². The van der Waals surface area contributed by atoms with E-state index in [4.69, 9.17) is 0 Å². The van der Waals surface area contributed by atoms with Crippen LogP contribution in [0.25, 0.3) is 0 Å². The van der Waals surface area contributed by atoms with Gasteiger partial charge < -0.3 is 5.11 Å². The quantitative estimate of drug-likeness (QED) is 0.871. The van der Waals surface area contributed by atoms with Crippen molar-refractivity contribution < 1.29 is 18.3 Å². The SMILES string of the molecule is CC1(C)CCN(S(=O)(=O)N2CCC[C@H](c3cccc(C(=O)O)c3)C2)CC1. The highest BCUT2D eigenvalue weighted by Gasteiger charge is 2.37. The number of benzene rings is 1. The zero-order valence-electron chi connectivity index (χ0n) is 15.5. The van der Waals surface area contributed by atoms with Gasteiger partial charge in [0.25, 0.3) is 10.2 Å². The van der Waals surface area contributed by atoms with Gasteiger partial charge in [0.2, 0.25) is 0 Å². The van der Waals surface area contributed by atoms with Gasteiger partial charge in [0.05, 0.1) is 5.56 Å². The van der Waals surface area contributed by atoms with Crippen molar-refractivity contribution in [2.45, 2.75) is 45.4 Å². The number of nitrogens with zero attached hydrogens (tertiary/aromatic N) is 2. The summed E-state index contributed by atoms with van der Waals surface area (Å²) in [7, 11) is -3.45. The number of hydrogen-bond acceptors (Lipinski definition) is 3. The summed E-state index contributed by atoms with van der Waals surface area (Å²) in [5.74, 6) is -0.915. The molecule has 2 aliphatic heterocycles. The van der Waals surface area contributed by atoms with E-state index in [9.17, 15) is 18.3 Å². The van der Waals surface area contributed by atoms with E-state index in [1.54, 1.807) is 26.8 Å². The highest BCUT2D eigenvalue weighted by atomic mass is 32.2. The highest BCUT2D eigenvalue weighted by molar-refractivity contribution is 7.86. The second kappa shape index (κ2) is 7.29. The van der Waals surface area contributed by atoms with Crippen LogP contribution in [0, 0.1) is 5.41 Å². The molecule has 0 aliphatic carbocycles. The molecule has 2 saturated heterocycles. The van der Waals surface area contributed by atoms with Crippen LogP contribution in [0.1, 0.15) is 61.4 Å². The van der Waals surface area contributed by atoms with Crippen LogP contribution >= 0.6 is 0 Å². The van der Waals surface area contributed by atoms with Gasteiger partial charge >= 0.3 is 5.97 Å². The molecule has 0 radical (unpaired) electrons. The molecule has 0 spiro atoms. The third kappa shape index (κ3) is 4.10. The van der Waals surface area contributed by atoms with E-state index in [1.807, 2.05) is 6.07 Å². The number of carboxylic acid groups (broad SMARTS) is 1. The van der Waals surface area contributed by atoms with Gasteiger partial charge in [0.15, 0.2) is 0 Å². The molecule has 0 aromatic heterocycles. The normalized spacial score (nSPS) is 25.1. The molecular weight excluding hydrogens is 352 g/mol. The Balaban J connectivity index is 1.74. The summed E-state index contributed by atoms with van der Waals surface area (Å²) in [5, 5.41) is 9.19. The average molecular weight is 381 g/mol. The van der Waals surface area contributed by atoms with Crippen molar-refractivity contribution >= 4 is 16.2 Å². The smallest absolute Gasteiger partial charge is 0.335 e. The zero-order valence-corrected chi connectivity index (χ0v) is 16.3. The molecular formula is C19H28N2O4S. The lowest BCUT2D eigenvalue weighted by Crippen LogP contribution is -2.50. The number of piperidine rings is 2. The Labute approximate surface area is 156 Å². The second-order valence-corrected chi connectivity index (χ2v) is 10.1. The third-order valence-electron chi connectivity index (χ3n) is 5.72. The molecule has 2 fully saturated rings. The van der Waals surface area contributed by atoms with E-state index in [-0.39, 0.29) is 16.9 Å². The molecule has 0 amide bonds. The first-order valence-corrected chi connectivity index (χ1v) is 10.7. The van der Waals surface area contributed by atoms with Crippen molar-refractivity contribution in [2.24, 2.45) is 5.41 Å². The topological polar surface area (TPSA) is 77.9 Å². The molecule has 1 aromatic rings. The maximum atomic E-state index is 13.1. The van der Waals surface area contributed by atoms with Gasteiger partial charge in [-0.2, -0.15) is 17.0 Å². The summed E-state index contributed by atoms with van der Waals surface area (Å²) >= 11 is 0. The fraction of sp³-hybridized carbons (Fsp3) is 0.632. The summed E-state index contributed by atoms with van der Waals surface area (Å²) in [6.45, 7) is 6.48. The fourth-order valence-electron chi connectivity index (χ4n) is 3.84. The van der Waals surface area contributed by atoms with Crippen molar-refractivity contribution in [3.8, 4) is 0 Å². The summed E-state index contributed by atoms with van der Waals surface area (Å²) in [6.07, 6.45) is 3.43. The van der Waals surface area contributed by atoms with E-state index in [2.05, 4.69) is 13.8 Å². The standard InChI is InChI=1S/C19H28N2O4S/c1-19(2)8-11-20(12-9-19)26(24,25)21-10-4-7-17(14-21)15-5-3-6-16(13-15)18(22)23/h3,5-6,13,17H,4,7-12,14H2,1-2H3,(H,22,23)/t17-/m0/s1. The molecule has 1 aromatic carbocycles. The van der Waals surface area contributed by atoms with Crippen molar-refractivity contribution in [1.29, 1.82) is 0 Å². The Morgan fingerprint density at radius 3 is 2.50 bits per heavy atom. The largest absolute Gasteiger partial charge is 0.478 e. The first-order chi connectivity index (χ1) is 12.2. The number of hydrogen-bond donors (Lipinski definition) is 1. The Morgan fingerprint density at radius 2 is 1.85 bits per heavy atom. The van der Waals surface area contributed by atoms with Crippen LogP contribution in [-0.2, 0) is 10.2 Å². The average Bonchev–Trinajstić information content (AvgIpc) is 2.61. The summed E-state index contributed by atoms with van der Waals surface area (Å²) < 4.78 is 29.3. The van der Waals surface area contributed by atoms with Crippen molar-refractivity contribution in [3.05, 3.63) is 35.4 Å². The van der Waals surface area contributed by atoms with Crippen LogP contribution in [-0.4, -0.2) is 54.3 Å². The Hall–Kier alpha value is -1.44. The predicted octanol–water partition coefficient (Wildman–Crippen LogP) is 2.93. The molecule has 3 rings (SSSR count). The number of carbonyl (C=O) groups is 1. The summed E-state index contributed by atoms with van der Waals surface area (Å²) in [6, 6.07) is 6.88. The molecule has 1 N–H and O–H groups in total. The molecule has 144 valence electrons. The predicted molar refractivity (Wildman–Crippen MR) is 100 cm³/mol. The van der Waals surface area contributed by atoms with Gasteiger partial charge in [-0.25, -0.2) is 4.79 Å². The first-order valence-electron chi connectivity index (χ1n) is 9.27. The van der Waals surface area contributed by atoms with Gasteiger partial charge in [-0.3, -0.25) is 0 Å². The lowest BCUT2D eigenvalue weighted by atomic mass is 9.83. The van der Waals surface area contributed by atoms with E-state index < -0.39 is 16.2 Å². The van der Waals surface area contributed by atoms with E-state index in [0.717, 1.165) is 31.2 Å². The zero-order chi connectivity index (χ0) is 18.9. The van der Waals surface area contributed by atoms with Crippen molar-refractivity contribution in [1.82, 2.24) is 8.61 Å². The van der Waals surface area contributed by atoms with E-state index in [1.165, 1.54) is 0 Å². The summed E-state index contributed by atoms with van der Waals surface area (Å²) in [5.41, 5.74) is 1.36. The van der Waals surface area contributed by atoms with Crippen molar-refractivity contribution in [3.63, 3.8) is 0 Å². The second-order valence-electron chi connectivity index (χ2n) is 8.20. The summed E-state index contributed by atoms with van der Waals surface area (Å²) in [4.78, 5) is 11.2. The third-order valence-corrected chi connectivity index (χ3v) is 7.72. The van der Waals surface area contributed by atoms with E-state index in [0.29, 0.717) is 26.2 Å². The lowest BCUT2D eigenvalue weighted by Gasteiger charge is -2.40. The minimum absolute atomic E-state index is 0.0408. The minimum atomic E-state index is -3.45. The lowest BCUT2D eigenvalue weighted by molar-refractivity contribution is 0.0696. The molecule has 1 atom stereocenters. The van der Waals surface area contributed by atoms with Gasteiger partial charge in [-0.15, -0.1) is 0 Å². The van der Waals surface area contributed by atoms with Gasteiger partial charge in [0.1, 0.15) is 0 Å². The van der Waals surface area contributed by atoms with Gasteiger partial charge in [-0.05, 0) is 54.7 Å². The Morgan fingerprint density at radius 1 is 1.15 bits per heavy atom. The highest BCUT2D eigenvalue weighted by Crippen LogP contribution is 2.34. The number of rotatable bonds is 4. The molecule has 2 aliphatic rings. The molecule has 2 heterocycles.